The van der Waals surface area contributed by atoms with Crippen molar-refractivity contribution in [2.24, 2.45) is 23.7 Å². The number of nitrogens with two attached hydrogens (primary N) is 1. The van der Waals surface area contributed by atoms with Crippen LogP contribution in [0.1, 0.15) is 19.3 Å². The van der Waals surface area contributed by atoms with Crippen LogP contribution in [0.15, 0.2) is 0 Å². The molecule has 1 saturated carbocycles. The molecular formula is C9H15NO5. The van der Waals surface area contributed by atoms with Gasteiger partial charge in [-0.1, -0.05) is 0 Å². The summed E-state index contributed by atoms with van der Waals surface area (Å²) in [5.41, 5.74) is 0. The summed E-state index contributed by atoms with van der Waals surface area (Å²) < 4.78 is 0. The standard InChI is InChI=1S/C9H15NO5/c10-15-4-6-3-5(8(11)12)1-2-7(6)9(13)14/h5-7H,1-4,10H2,(H,11,12)(H,13,14). The molecule has 0 bridgehead atoms. The number of rotatable bonds is 4. The Labute approximate surface area is 87.0 Å². The smallest absolute Gasteiger partial charge is 0.306 e. The molecule has 0 saturated heterocycles. The second-order valence-electron chi connectivity index (χ2n) is 3.89. The molecular weight excluding hydrogens is 202 g/mol. The van der Waals surface area contributed by atoms with Crippen molar-refractivity contribution >= 4 is 11.9 Å². The van der Waals surface area contributed by atoms with Crippen LogP contribution >= 0.6 is 0 Å². The van der Waals surface area contributed by atoms with Gasteiger partial charge in [0.15, 0.2) is 0 Å². The quantitative estimate of drug-likeness (QED) is 0.575. The highest BCUT2D eigenvalue weighted by atomic mass is 16.6. The number of hydrogen-bond donors (Lipinski definition) is 3. The Bertz CT molecular complexity index is 255. The van der Waals surface area contributed by atoms with Crippen molar-refractivity contribution in [1.82, 2.24) is 0 Å². The van der Waals surface area contributed by atoms with Crippen molar-refractivity contribution < 1.29 is 24.6 Å². The second kappa shape index (κ2) is 5.09. The topological polar surface area (TPSA) is 110 Å². The molecule has 0 radical (unpaired) electrons. The van der Waals surface area contributed by atoms with Gasteiger partial charge < -0.3 is 15.1 Å². The van der Waals surface area contributed by atoms with Gasteiger partial charge in [0.1, 0.15) is 0 Å². The van der Waals surface area contributed by atoms with E-state index in [1.165, 1.54) is 0 Å². The Kier molecular flexibility index (Phi) is 4.05. The van der Waals surface area contributed by atoms with E-state index < -0.39 is 23.8 Å². The zero-order chi connectivity index (χ0) is 11.4. The van der Waals surface area contributed by atoms with Crippen molar-refractivity contribution in [3.05, 3.63) is 0 Å². The molecule has 86 valence electrons. The summed E-state index contributed by atoms with van der Waals surface area (Å²) in [6.45, 7) is 0.0980. The van der Waals surface area contributed by atoms with Gasteiger partial charge in [-0.25, -0.2) is 5.90 Å². The fraction of sp³-hybridized carbons (Fsp3) is 0.778. The molecule has 0 aromatic carbocycles. The Balaban J connectivity index is 2.64. The number of carboxylic acid groups (broad SMARTS) is 2. The predicted molar refractivity (Wildman–Crippen MR) is 49.7 cm³/mol. The third kappa shape index (κ3) is 2.90. The molecule has 1 rings (SSSR count). The van der Waals surface area contributed by atoms with Crippen LogP contribution in [0.3, 0.4) is 0 Å². The molecule has 0 aromatic heterocycles. The van der Waals surface area contributed by atoms with Crippen molar-refractivity contribution in [3.8, 4) is 0 Å². The van der Waals surface area contributed by atoms with Crippen LogP contribution in [-0.2, 0) is 14.4 Å². The minimum Gasteiger partial charge on any atom is -0.481 e. The van der Waals surface area contributed by atoms with Crippen LogP contribution in [-0.4, -0.2) is 28.8 Å². The average molecular weight is 217 g/mol. The molecule has 4 N–H and O–H groups in total. The van der Waals surface area contributed by atoms with Crippen molar-refractivity contribution in [2.75, 3.05) is 6.61 Å². The fourth-order valence-corrected chi connectivity index (χ4v) is 2.12. The van der Waals surface area contributed by atoms with Crippen LogP contribution < -0.4 is 5.90 Å². The van der Waals surface area contributed by atoms with Gasteiger partial charge in [0.25, 0.3) is 0 Å². The van der Waals surface area contributed by atoms with Gasteiger partial charge in [0.05, 0.1) is 18.4 Å². The van der Waals surface area contributed by atoms with Crippen molar-refractivity contribution in [3.63, 3.8) is 0 Å². The number of aliphatic carboxylic acids is 2. The number of carboxylic acids is 2. The maximum Gasteiger partial charge on any atom is 0.306 e. The lowest BCUT2D eigenvalue weighted by molar-refractivity contribution is -0.152. The SMILES string of the molecule is NOCC1CC(C(=O)O)CCC1C(=O)O. The Morgan fingerprint density at radius 1 is 1.27 bits per heavy atom. The lowest BCUT2D eigenvalue weighted by atomic mass is 9.74. The monoisotopic (exact) mass is 217 g/mol. The van der Waals surface area contributed by atoms with E-state index in [1.807, 2.05) is 0 Å². The lowest BCUT2D eigenvalue weighted by Crippen LogP contribution is -2.36. The van der Waals surface area contributed by atoms with E-state index in [1.54, 1.807) is 0 Å². The molecule has 1 aliphatic carbocycles. The summed E-state index contributed by atoms with van der Waals surface area (Å²) in [5, 5.41) is 17.7. The molecule has 0 aliphatic heterocycles. The molecule has 0 amide bonds. The zero-order valence-corrected chi connectivity index (χ0v) is 8.26. The van der Waals surface area contributed by atoms with Gasteiger partial charge in [-0.15, -0.1) is 0 Å². The van der Waals surface area contributed by atoms with E-state index in [0.29, 0.717) is 19.3 Å². The van der Waals surface area contributed by atoms with E-state index in [0.717, 1.165) is 0 Å². The summed E-state index contributed by atoms with van der Waals surface area (Å²) in [6, 6.07) is 0. The molecule has 6 heteroatoms. The molecule has 0 aromatic rings. The van der Waals surface area contributed by atoms with Crippen LogP contribution in [0.2, 0.25) is 0 Å². The molecule has 3 atom stereocenters. The van der Waals surface area contributed by atoms with Crippen LogP contribution in [0.4, 0.5) is 0 Å². The lowest BCUT2D eigenvalue weighted by Gasteiger charge is -2.31. The predicted octanol–water partition coefficient (Wildman–Crippen LogP) is 0.0784. The molecule has 0 spiro atoms. The summed E-state index contributed by atoms with van der Waals surface area (Å²) in [6.07, 6.45) is 1.11. The number of carbonyl (C=O) groups is 2. The molecule has 1 aliphatic rings. The van der Waals surface area contributed by atoms with Crippen molar-refractivity contribution in [2.45, 2.75) is 19.3 Å². The largest absolute Gasteiger partial charge is 0.481 e. The first-order valence-corrected chi connectivity index (χ1v) is 4.83. The fourth-order valence-electron chi connectivity index (χ4n) is 2.12. The molecule has 0 heterocycles. The molecule has 6 nitrogen and oxygen atoms in total. The summed E-state index contributed by atoms with van der Waals surface area (Å²) in [5.74, 6) is 1.81. The van der Waals surface area contributed by atoms with E-state index in [-0.39, 0.29) is 12.5 Å². The third-order valence-electron chi connectivity index (χ3n) is 2.96. The van der Waals surface area contributed by atoms with E-state index in [2.05, 4.69) is 4.84 Å². The van der Waals surface area contributed by atoms with Crippen LogP contribution in [0, 0.1) is 17.8 Å². The third-order valence-corrected chi connectivity index (χ3v) is 2.96. The van der Waals surface area contributed by atoms with E-state index in [4.69, 9.17) is 16.1 Å². The van der Waals surface area contributed by atoms with Crippen LogP contribution in [0.5, 0.6) is 0 Å². The van der Waals surface area contributed by atoms with E-state index in [9.17, 15) is 9.59 Å². The minimum atomic E-state index is -0.902. The first-order valence-electron chi connectivity index (χ1n) is 4.83. The highest BCUT2D eigenvalue weighted by Gasteiger charge is 2.37. The highest BCUT2D eigenvalue weighted by molar-refractivity contribution is 5.73. The van der Waals surface area contributed by atoms with Gasteiger partial charge in [-0.3, -0.25) is 9.59 Å². The highest BCUT2D eigenvalue weighted by Crippen LogP contribution is 2.34. The zero-order valence-electron chi connectivity index (χ0n) is 8.26. The van der Waals surface area contributed by atoms with Gasteiger partial charge in [-0.2, -0.15) is 0 Å². The summed E-state index contributed by atoms with van der Waals surface area (Å²) in [7, 11) is 0. The Hall–Kier alpha value is -1.14. The first kappa shape index (κ1) is 11.9. The Morgan fingerprint density at radius 2 is 1.93 bits per heavy atom. The first-order chi connectivity index (χ1) is 7.06. The molecule has 1 fully saturated rings. The van der Waals surface area contributed by atoms with Gasteiger partial charge in [-0.05, 0) is 25.2 Å². The minimum absolute atomic E-state index is 0.0980. The Morgan fingerprint density at radius 3 is 2.40 bits per heavy atom. The second-order valence-corrected chi connectivity index (χ2v) is 3.89. The molecule has 3 unspecified atom stereocenters. The average Bonchev–Trinajstić information content (AvgIpc) is 2.17. The summed E-state index contributed by atoms with van der Waals surface area (Å²) >= 11 is 0. The maximum absolute atomic E-state index is 10.9. The van der Waals surface area contributed by atoms with Crippen LogP contribution in [0.25, 0.3) is 0 Å². The van der Waals surface area contributed by atoms with Gasteiger partial charge >= 0.3 is 11.9 Å². The summed E-state index contributed by atoms with van der Waals surface area (Å²) in [4.78, 5) is 26.1. The van der Waals surface area contributed by atoms with Crippen molar-refractivity contribution in [1.29, 1.82) is 0 Å². The molecule has 15 heavy (non-hydrogen) atoms. The maximum atomic E-state index is 10.9. The normalized spacial score (nSPS) is 31.1. The van der Waals surface area contributed by atoms with E-state index >= 15 is 0 Å². The van der Waals surface area contributed by atoms with Gasteiger partial charge in [0, 0.05) is 0 Å². The number of hydrogen-bond acceptors (Lipinski definition) is 4. The van der Waals surface area contributed by atoms with Gasteiger partial charge in [0.2, 0.25) is 0 Å².